The first-order valence-corrected chi connectivity index (χ1v) is 8.49. The van der Waals surface area contributed by atoms with Crippen molar-refractivity contribution in [3.05, 3.63) is 0 Å². The molecule has 0 radical (unpaired) electrons. The molecule has 1 heteroatoms. The van der Waals surface area contributed by atoms with Gasteiger partial charge < -0.3 is 5.11 Å². The monoisotopic (exact) mass is 248 g/mol. The minimum Gasteiger partial charge on any atom is -0.393 e. The summed E-state index contributed by atoms with van der Waals surface area (Å²) in [4.78, 5) is 0. The third kappa shape index (κ3) is 1.85. The number of hydrogen-bond donors (Lipinski definition) is 1. The average molecular weight is 248 g/mol. The van der Waals surface area contributed by atoms with E-state index in [2.05, 4.69) is 0 Å². The van der Waals surface area contributed by atoms with Gasteiger partial charge >= 0.3 is 0 Å². The molecule has 5 aliphatic rings. The number of hydrogen-bond acceptors (Lipinski definition) is 1. The summed E-state index contributed by atoms with van der Waals surface area (Å²) in [5.74, 6) is 5.24. The van der Waals surface area contributed by atoms with Gasteiger partial charge in [0.1, 0.15) is 0 Å². The van der Waals surface area contributed by atoms with Gasteiger partial charge in [-0.2, -0.15) is 0 Å². The maximum Gasteiger partial charge on any atom is 0.0601 e. The molecule has 0 aliphatic heterocycles. The van der Waals surface area contributed by atoms with Crippen molar-refractivity contribution in [1.82, 2.24) is 0 Å². The van der Waals surface area contributed by atoms with E-state index < -0.39 is 0 Å². The lowest BCUT2D eigenvalue weighted by Crippen LogP contribution is -2.51. The molecule has 18 heavy (non-hydrogen) atoms. The predicted molar refractivity (Wildman–Crippen MR) is 73.1 cm³/mol. The smallest absolute Gasteiger partial charge is 0.0601 e. The van der Waals surface area contributed by atoms with Crippen LogP contribution in [-0.2, 0) is 0 Å². The molecule has 1 atom stereocenters. The zero-order valence-electron chi connectivity index (χ0n) is 11.6. The van der Waals surface area contributed by atoms with Crippen LogP contribution < -0.4 is 0 Å². The van der Waals surface area contributed by atoms with Crippen LogP contribution >= 0.6 is 0 Å². The van der Waals surface area contributed by atoms with Crippen LogP contribution in [0, 0.1) is 35.5 Å². The second-order valence-corrected chi connectivity index (χ2v) is 7.90. The summed E-state index contributed by atoms with van der Waals surface area (Å²) in [5, 5.41) is 10.9. The zero-order valence-corrected chi connectivity index (χ0v) is 11.6. The number of aliphatic hydroxyl groups is 1. The van der Waals surface area contributed by atoms with E-state index in [1.165, 1.54) is 64.2 Å². The molecule has 0 heterocycles. The summed E-state index contributed by atoms with van der Waals surface area (Å²) in [6.07, 6.45) is 14.2. The molecule has 0 amide bonds. The first kappa shape index (κ1) is 11.8. The van der Waals surface area contributed by atoms with Gasteiger partial charge in [-0.05, 0) is 80.5 Å². The SMILES string of the molecule is OC(C1CCCCC1)C1C2CC3CC(C2)CC1C3. The van der Waals surface area contributed by atoms with E-state index in [1.807, 2.05) is 0 Å². The van der Waals surface area contributed by atoms with Crippen molar-refractivity contribution in [2.45, 2.75) is 70.3 Å². The molecule has 4 bridgehead atoms. The lowest BCUT2D eigenvalue weighted by atomic mass is 9.50. The highest BCUT2D eigenvalue weighted by atomic mass is 16.3. The first-order chi connectivity index (χ1) is 8.81. The molecule has 0 saturated heterocycles. The molecular formula is C17H28O. The Morgan fingerprint density at radius 3 is 1.83 bits per heavy atom. The Balaban J connectivity index is 1.50. The zero-order chi connectivity index (χ0) is 12.1. The first-order valence-electron chi connectivity index (χ1n) is 8.49. The summed E-state index contributed by atoms with van der Waals surface area (Å²) in [6, 6.07) is 0. The largest absolute Gasteiger partial charge is 0.393 e. The highest BCUT2D eigenvalue weighted by molar-refractivity contribution is 5.01. The van der Waals surface area contributed by atoms with E-state index in [9.17, 15) is 5.11 Å². The summed E-state index contributed by atoms with van der Waals surface area (Å²) in [6.45, 7) is 0. The molecular weight excluding hydrogens is 220 g/mol. The van der Waals surface area contributed by atoms with E-state index in [1.54, 1.807) is 0 Å². The topological polar surface area (TPSA) is 20.2 Å². The van der Waals surface area contributed by atoms with Crippen LogP contribution in [0.25, 0.3) is 0 Å². The van der Waals surface area contributed by atoms with Crippen LogP contribution in [0.5, 0.6) is 0 Å². The minimum absolute atomic E-state index is 0.0558. The van der Waals surface area contributed by atoms with Gasteiger partial charge in [0.05, 0.1) is 6.10 Å². The molecule has 1 nitrogen and oxygen atoms in total. The van der Waals surface area contributed by atoms with Crippen molar-refractivity contribution in [3.63, 3.8) is 0 Å². The van der Waals surface area contributed by atoms with Crippen LogP contribution in [0.4, 0.5) is 0 Å². The molecule has 0 aromatic carbocycles. The van der Waals surface area contributed by atoms with E-state index in [0.29, 0.717) is 11.8 Å². The third-order valence-electron chi connectivity index (χ3n) is 6.83. The van der Waals surface area contributed by atoms with Crippen LogP contribution in [-0.4, -0.2) is 11.2 Å². The Bertz CT molecular complexity index is 277. The quantitative estimate of drug-likeness (QED) is 0.783. The highest BCUT2D eigenvalue weighted by Crippen LogP contribution is 2.58. The summed E-state index contributed by atoms with van der Waals surface area (Å²) in [5.41, 5.74) is 0. The molecule has 102 valence electrons. The average Bonchev–Trinajstić information content (AvgIpc) is 2.38. The van der Waals surface area contributed by atoms with E-state index >= 15 is 0 Å². The summed E-state index contributed by atoms with van der Waals surface area (Å²) in [7, 11) is 0. The van der Waals surface area contributed by atoms with E-state index in [-0.39, 0.29) is 6.10 Å². The van der Waals surface area contributed by atoms with Gasteiger partial charge in [0.15, 0.2) is 0 Å². The van der Waals surface area contributed by atoms with Crippen molar-refractivity contribution >= 4 is 0 Å². The van der Waals surface area contributed by atoms with Crippen molar-refractivity contribution < 1.29 is 5.11 Å². The minimum atomic E-state index is 0.0558. The number of aliphatic hydroxyl groups excluding tert-OH is 1. The standard InChI is InChI=1S/C17H28O/c18-17(13-4-2-1-3-5-13)16-14-7-11-6-12(9-14)10-15(16)8-11/h11-18H,1-10H2. The van der Waals surface area contributed by atoms with Gasteiger partial charge in [0, 0.05) is 0 Å². The van der Waals surface area contributed by atoms with Gasteiger partial charge in [-0.1, -0.05) is 19.3 Å². The Labute approximate surface area is 111 Å². The van der Waals surface area contributed by atoms with Crippen molar-refractivity contribution in [1.29, 1.82) is 0 Å². The molecule has 1 unspecified atom stereocenters. The Morgan fingerprint density at radius 1 is 0.722 bits per heavy atom. The fraction of sp³-hybridized carbons (Fsp3) is 1.00. The fourth-order valence-corrected chi connectivity index (χ4v) is 6.31. The molecule has 5 rings (SSSR count). The fourth-order valence-electron chi connectivity index (χ4n) is 6.31. The molecule has 5 saturated carbocycles. The van der Waals surface area contributed by atoms with Crippen molar-refractivity contribution in [2.75, 3.05) is 0 Å². The number of rotatable bonds is 2. The molecule has 1 N–H and O–H groups in total. The van der Waals surface area contributed by atoms with Gasteiger partial charge in [0.2, 0.25) is 0 Å². The summed E-state index contributed by atoms with van der Waals surface area (Å²) >= 11 is 0. The molecule has 0 spiro atoms. The second-order valence-electron chi connectivity index (χ2n) is 7.90. The van der Waals surface area contributed by atoms with Gasteiger partial charge in [-0.3, -0.25) is 0 Å². The maximum absolute atomic E-state index is 10.9. The Morgan fingerprint density at radius 2 is 1.28 bits per heavy atom. The lowest BCUT2D eigenvalue weighted by molar-refractivity contribution is -0.109. The third-order valence-corrected chi connectivity index (χ3v) is 6.83. The maximum atomic E-state index is 10.9. The normalized spacial score (nSPS) is 49.5. The molecule has 5 fully saturated rings. The van der Waals surface area contributed by atoms with Crippen LogP contribution in [0.2, 0.25) is 0 Å². The summed E-state index contributed by atoms with van der Waals surface area (Å²) < 4.78 is 0. The Kier molecular flexibility index (Phi) is 2.94. The van der Waals surface area contributed by atoms with E-state index in [0.717, 1.165) is 23.7 Å². The molecule has 0 aromatic rings. The van der Waals surface area contributed by atoms with Crippen molar-refractivity contribution in [2.24, 2.45) is 35.5 Å². The highest BCUT2D eigenvalue weighted by Gasteiger charge is 2.51. The van der Waals surface area contributed by atoms with Gasteiger partial charge in [-0.15, -0.1) is 0 Å². The van der Waals surface area contributed by atoms with Gasteiger partial charge in [0.25, 0.3) is 0 Å². The molecule has 5 aliphatic carbocycles. The second kappa shape index (κ2) is 4.51. The molecule has 0 aromatic heterocycles. The van der Waals surface area contributed by atoms with Crippen LogP contribution in [0.15, 0.2) is 0 Å². The van der Waals surface area contributed by atoms with Crippen LogP contribution in [0.1, 0.15) is 64.2 Å². The van der Waals surface area contributed by atoms with E-state index in [4.69, 9.17) is 0 Å². The predicted octanol–water partition coefficient (Wildman–Crippen LogP) is 4.00. The van der Waals surface area contributed by atoms with Crippen LogP contribution in [0.3, 0.4) is 0 Å². The van der Waals surface area contributed by atoms with Gasteiger partial charge in [-0.25, -0.2) is 0 Å². The lowest BCUT2D eigenvalue weighted by Gasteiger charge is -2.56. The Hall–Kier alpha value is -0.0400. The van der Waals surface area contributed by atoms with Crippen molar-refractivity contribution in [3.8, 4) is 0 Å².